The number of nitrogens with zero attached hydrogens (tertiary/aromatic N) is 1. The summed E-state index contributed by atoms with van der Waals surface area (Å²) in [5.74, 6) is -7.90. The van der Waals surface area contributed by atoms with Gasteiger partial charge in [0.2, 0.25) is 41.4 Å². The van der Waals surface area contributed by atoms with Gasteiger partial charge >= 0.3 is 5.97 Å². The number of nitrogens with one attached hydrogen (secondary N) is 9. The van der Waals surface area contributed by atoms with E-state index in [4.69, 9.17) is 22.9 Å². The summed E-state index contributed by atoms with van der Waals surface area (Å²) in [5, 5.41) is 49.2. The summed E-state index contributed by atoms with van der Waals surface area (Å²) in [4.78, 5) is 120. The number of aliphatic imine (C=N–C) groups is 1. The number of hydrogen-bond acceptors (Lipinski definition) is 13. The first-order chi connectivity index (χ1) is 36.6. The standard InChI is InChI=1S/C52H78N14O11/c1-28(2)20-38(46(71)60-37(17-11-19-57-52(55)56)45(70)66-43(27-68)51(76)77)61-48(73)40(22-30-24-58-35-15-7-5-12-32(30)35)63-47(72)39(21-29(3)4)62-49(74)41(23-31-25-59-36-16-8-6-13-33(31)36)64-50(75)42(26-67)65-44(69)34(54)14-9-10-18-53/h5-8,12-13,15-16,24-25,28-29,34,37-43,58-59,67-68H,9-11,14,17-23,26-27,53-54H2,1-4H3,(H,60,71)(H,61,73)(H,62,74)(H,63,72)(H,64,75)(H,65,69)(H,66,70)(H,76,77)(H4,55,56,57)/t34-,37-,38-,39-,40-,41-,42-,43-/m0/s1. The number of carboxylic acids is 1. The SMILES string of the molecule is CC(C)C[C@H](NC(=O)[C@H](Cc1c[nH]c2ccccc12)NC(=O)[C@H](CC(C)C)NC(=O)[C@H](Cc1c[nH]c2ccccc12)NC(=O)[C@H](CO)NC(=O)[C@@H](N)CCCCN)C(=O)N[C@@H](CCCN=C(N)N)C(=O)N[C@@H](CO)C(=O)O. The van der Waals surface area contributed by atoms with Gasteiger partial charge in [0.1, 0.15) is 42.3 Å². The van der Waals surface area contributed by atoms with E-state index in [0.717, 1.165) is 21.8 Å². The number of rotatable bonds is 33. The van der Waals surface area contributed by atoms with E-state index in [9.17, 15) is 53.7 Å². The third kappa shape index (κ3) is 19.5. The predicted octanol–water partition coefficient (Wildman–Crippen LogP) is -1.50. The maximum absolute atomic E-state index is 14.7. The van der Waals surface area contributed by atoms with Crippen LogP contribution in [-0.2, 0) is 51.2 Å². The van der Waals surface area contributed by atoms with E-state index in [0.29, 0.717) is 30.5 Å². The number of guanidine groups is 1. The van der Waals surface area contributed by atoms with Crippen LogP contribution in [0.5, 0.6) is 0 Å². The topological polar surface area (TPSA) is 429 Å². The summed E-state index contributed by atoms with van der Waals surface area (Å²) < 4.78 is 0. The third-order valence-corrected chi connectivity index (χ3v) is 12.6. The first kappa shape index (κ1) is 61.9. The Morgan fingerprint density at radius 3 is 1.38 bits per heavy atom. The lowest BCUT2D eigenvalue weighted by molar-refractivity contribution is -0.143. The van der Waals surface area contributed by atoms with Crippen molar-refractivity contribution in [2.45, 2.75) is 134 Å². The van der Waals surface area contributed by atoms with Gasteiger partial charge in [-0.3, -0.25) is 38.6 Å². The number of aliphatic hydroxyl groups excluding tert-OH is 2. The minimum atomic E-state index is -1.69. The van der Waals surface area contributed by atoms with E-state index in [1.165, 1.54) is 0 Å². The summed E-state index contributed by atoms with van der Waals surface area (Å²) in [6, 6.07) is 3.59. The highest BCUT2D eigenvalue weighted by molar-refractivity contribution is 5.98. The predicted molar refractivity (Wildman–Crippen MR) is 289 cm³/mol. The highest BCUT2D eigenvalue weighted by Crippen LogP contribution is 2.22. The van der Waals surface area contributed by atoms with Crippen molar-refractivity contribution in [3.05, 3.63) is 72.1 Å². The maximum Gasteiger partial charge on any atom is 0.328 e. The molecule has 25 heteroatoms. The van der Waals surface area contributed by atoms with E-state index in [1.807, 2.05) is 50.2 Å². The summed E-state index contributed by atoms with van der Waals surface area (Å²) >= 11 is 0. The molecule has 0 saturated heterocycles. The van der Waals surface area contributed by atoms with Gasteiger partial charge in [0.25, 0.3) is 0 Å². The summed E-state index contributed by atoms with van der Waals surface area (Å²) in [6.45, 7) is 5.92. The molecular formula is C52H78N14O11. The van der Waals surface area contributed by atoms with E-state index in [-0.39, 0.29) is 69.3 Å². The molecule has 2 heterocycles. The zero-order chi connectivity index (χ0) is 56.8. The zero-order valence-corrected chi connectivity index (χ0v) is 44.1. The molecule has 20 N–H and O–H groups in total. The van der Waals surface area contributed by atoms with Crippen molar-refractivity contribution in [2.24, 2.45) is 39.8 Å². The van der Waals surface area contributed by atoms with Gasteiger partial charge in [-0.2, -0.15) is 0 Å². The van der Waals surface area contributed by atoms with Gasteiger partial charge in [-0.15, -0.1) is 0 Å². The van der Waals surface area contributed by atoms with Crippen molar-refractivity contribution in [3.8, 4) is 0 Å². The summed E-state index contributed by atoms with van der Waals surface area (Å²) in [6.07, 6.45) is 4.78. The van der Waals surface area contributed by atoms with Crippen molar-refractivity contribution in [1.82, 2.24) is 47.2 Å². The van der Waals surface area contributed by atoms with Gasteiger partial charge in [-0.05, 0) is 80.2 Å². The highest BCUT2D eigenvalue weighted by atomic mass is 16.4. The van der Waals surface area contributed by atoms with Crippen LogP contribution in [0.2, 0.25) is 0 Å². The molecule has 0 aliphatic heterocycles. The van der Waals surface area contributed by atoms with Gasteiger partial charge < -0.3 is 85.4 Å². The Balaban J connectivity index is 1.67. The van der Waals surface area contributed by atoms with Crippen LogP contribution in [0.25, 0.3) is 21.8 Å². The molecule has 4 aromatic rings. The Kier molecular flexibility index (Phi) is 24.8. The van der Waals surface area contributed by atoms with E-state index >= 15 is 0 Å². The molecule has 0 radical (unpaired) electrons. The fraction of sp³-hybridized carbons (Fsp3) is 0.519. The Bertz CT molecular complexity index is 2650. The van der Waals surface area contributed by atoms with Crippen LogP contribution in [0.4, 0.5) is 0 Å². The first-order valence-electron chi connectivity index (χ1n) is 25.8. The minimum absolute atomic E-state index is 0.0417. The van der Waals surface area contributed by atoms with Crippen LogP contribution in [0.15, 0.2) is 65.9 Å². The van der Waals surface area contributed by atoms with Crippen LogP contribution in [0, 0.1) is 11.8 Å². The number of aromatic nitrogens is 2. The molecule has 77 heavy (non-hydrogen) atoms. The molecular weight excluding hydrogens is 997 g/mol. The van der Waals surface area contributed by atoms with Gasteiger partial charge in [-0.25, -0.2) is 4.79 Å². The quantitative estimate of drug-likeness (QED) is 0.0147. The molecule has 0 fully saturated rings. The third-order valence-electron chi connectivity index (χ3n) is 12.6. The molecule has 0 spiro atoms. The molecule has 4 rings (SSSR count). The van der Waals surface area contributed by atoms with Crippen LogP contribution >= 0.6 is 0 Å². The van der Waals surface area contributed by atoms with Crippen molar-refractivity contribution in [2.75, 3.05) is 26.3 Å². The fourth-order valence-electron chi connectivity index (χ4n) is 8.57. The second-order valence-electron chi connectivity index (χ2n) is 19.9. The van der Waals surface area contributed by atoms with E-state index < -0.39 is 109 Å². The lowest BCUT2D eigenvalue weighted by atomic mass is 9.98. The molecule has 0 aliphatic carbocycles. The van der Waals surface area contributed by atoms with Crippen LogP contribution in [0.3, 0.4) is 0 Å². The van der Waals surface area contributed by atoms with Crippen molar-refractivity contribution >= 4 is 75.1 Å². The molecule has 0 saturated carbocycles. The summed E-state index contributed by atoms with van der Waals surface area (Å²) in [5.41, 5.74) is 25.3. The Morgan fingerprint density at radius 2 is 0.935 bits per heavy atom. The number of amides is 7. The number of aliphatic hydroxyl groups is 2. The minimum Gasteiger partial charge on any atom is -0.480 e. The number of unbranched alkanes of at least 4 members (excludes halogenated alkanes) is 1. The lowest BCUT2D eigenvalue weighted by Crippen LogP contribution is -2.61. The normalized spacial score (nSPS) is 14.5. The second-order valence-corrected chi connectivity index (χ2v) is 19.9. The number of carbonyl (C=O) groups is 8. The zero-order valence-electron chi connectivity index (χ0n) is 44.1. The van der Waals surface area contributed by atoms with E-state index in [1.54, 1.807) is 38.4 Å². The number of benzene rings is 2. The molecule has 0 unspecified atom stereocenters. The number of carbonyl (C=O) groups excluding carboxylic acids is 7. The number of fused-ring (bicyclic) bond motifs is 2. The van der Waals surface area contributed by atoms with Gasteiger partial charge in [0, 0.05) is 53.6 Å². The number of aliphatic carboxylic acids is 1. The van der Waals surface area contributed by atoms with Crippen LogP contribution < -0.4 is 60.2 Å². The molecule has 2 aromatic carbocycles. The second kappa shape index (κ2) is 30.8. The molecule has 422 valence electrons. The maximum atomic E-state index is 14.7. The Morgan fingerprint density at radius 1 is 0.532 bits per heavy atom. The first-order valence-corrected chi connectivity index (χ1v) is 25.8. The fourth-order valence-corrected chi connectivity index (χ4v) is 8.57. The average molecular weight is 1080 g/mol. The Hall–Kier alpha value is -7.61. The molecule has 7 amide bonds. The molecule has 0 aliphatic rings. The van der Waals surface area contributed by atoms with Gasteiger partial charge in [-0.1, -0.05) is 70.5 Å². The largest absolute Gasteiger partial charge is 0.480 e. The van der Waals surface area contributed by atoms with Gasteiger partial charge in [0.15, 0.2) is 5.96 Å². The van der Waals surface area contributed by atoms with Crippen molar-refractivity contribution < 1.29 is 53.7 Å². The van der Waals surface area contributed by atoms with Crippen LogP contribution in [-0.4, -0.2) is 153 Å². The van der Waals surface area contributed by atoms with Gasteiger partial charge in [0.05, 0.1) is 19.3 Å². The molecule has 2 aromatic heterocycles. The smallest absolute Gasteiger partial charge is 0.328 e. The lowest BCUT2D eigenvalue weighted by Gasteiger charge is -2.29. The highest BCUT2D eigenvalue weighted by Gasteiger charge is 2.35. The van der Waals surface area contributed by atoms with Crippen LogP contribution in [0.1, 0.15) is 83.8 Å². The number of para-hydroxylation sites is 2. The number of aromatic amines is 2. The number of nitrogens with two attached hydrogens (primary N) is 4. The average Bonchev–Trinajstić information content (AvgIpc) is 4.00. The monoisotopic (exact) mass is 1070 g/mol. The number of carboxylic acid groups (broad SMARTS) is 1. The molecule has 0 bridgehead atoms. The number of H-pyrrole nitrogens is 2. The van der Waals surface area contributed by atoms with Crippen molar-refractivity contribution in [1.29, 1.82) is 0 Å². The van der Waals surface area contributed by atoms with E-state index in [2.05, 4.69) is 52.2 Å². The Labute approximate surface area is 446 Å². The number of hydrogen-bond donors (Lipinski definition) is 16. The summed E-state index contributed by atoms with van der Waals surface area (Å²) in [7, 11) is 0. The van der Waals surface area contributed by atoms with Crippen molar-refractivity contribution in [3.63, 3.8) is 0 Å². The molecule has 25 nitrogen and oxygen atoms in total. The molecule has 8 atom stereocenters.